The molecular formula is C16H18N2O5S. The van der Waals surface area contributed by atoms with E-state index < -0.39 is 22.0 Å². The zero-order chi connectivity index (χ0) is 17.6. The number of phenolic OH excluding ortho intramolecular Hbond substituents is 1. The van der Waals surface area contributed by atoms with Crippen LogP contribution >= 0.6 is 0 Å². The number of carbonyl (C=O) groups excluding carboxylic acids is 1. The molecule has 1 atom stereocenters. The summed E-state index contributed by atoms with van der Waals surface area (Å²) in [5, 5.41) is 9.47. The number of nitrogens with one attached hydrogen (secondary N) is 1. The Morgan fingerprint density at radius 2 is 2.12 bits per heavy atom. The lowest BCUT2D eigenvalue weighted by atomic mass is 10.1. The molecular weight excluding hydrogens is 332 g/mol. The van der Waals surface area contributed by atoms with E-state index in [1.807, 2.05) is 0 Å². The molecule has 0 fully saturated rings. The van der Waals surface area contributed by atoms with Gasteiger partial charge in [-0.05, 0) is 36.8 Å². The maximum atomic E-state index is 12.5. The summed E-state index contributed by atoms with van der Waals surface area (Å²) in [5.74, 6) is -0.689. The molecule has 8 heteroatoms. The standard InChI is InChI=1S/C16H18N2O5S/c1-2-23-16(20)10-15(12-5-4-8-17-11-12)18-24(21,22)14-7-3-6-13(19)9-14/h3-9,11,15,18-19H,2,10H2,1H3. The van der Waals surface area contributed by atoms with Crippen molar-refractivity contribution in [3.8, 4) is 5.75 Å². The van der Waals surface area contributed by atoms with Crippen molar-refractivity contribution in [2.45, 2.75) is 24.3 Å². The van der Waals surface area contributed by atoms with E-state index in [2.05, 4.69) is 9.71 Å². The van der Waals surface area contributed by atoms with Gasteiger partial charge in [-0.15, -0.1) is 0 Å². The van der Waals surface area contributed by atoms with Gasteiger partial charge in [-0.1, -0.05) is 12.1 Å². The average molecular weight is 350 g/mol. The third kappa shape index (κ3) is 4.77. The van der Waals surface area contributed by atoms with Gasteiger partial charge in [0.1, 0.15) is 5.75 Å². The molecule has 0 amide bonds. The first-order valence-electron chi connectivity index (χ1n) is 7.29. The first-order chi connectivity index (χ1) is 11.4. The monoisotopic (exact) mass is 350 g/mol. The highest BCUT2D eigenvalue weighted by atomic mass is 32.2. The van der Waals surface area contributed by atoms with Crippen LogP contribution in [-0.2, 0) is 19.6 Å². The Morgan fingerprint density at radius 3 is 2.75 bits per heavy atom. The summed E-state index contributed by atoms with van der Waals surface area (Å²) in [7, 11) is -3.94. The fourth-order valence-electron chi connectivity index (χ4n) is 2.10. The van der Waals surface area contributed by atoms with Crippen LogP contribution < -0.4 is 4.72 Å². The molecule has 1 unspecified atom stereocenters. The van der Waals surface area contributed by atoms with Crippen molar-refractivity contribution >= 4 is 16.0 Å². The first-order valence-corrected chi connectivity index (χ1v) is 8.77. The fraction of sp³-hybridized carbons (Fsp3) is 0.250. The number of nitrogens with zero attached hydrogens (tertiary/aromatic N) is 1. The molecule has 128 valence electrons. The average Bonchev–Trinajstić information content (AvgIpc) is 2.55. The minimum absolute atomic E-state index is 0.0970. The topological polar surface area (TPSA) is 106 Å². The van der Waals surface area contributed by atoms with Crippen LogP contribution in [0.15, 0.2) is 53.7 Å². The molecule has 1 aromatic carbocycles. The lowest BCUT2D eigenvalue weighted by Crippen LogP contribution is -2.30. The lowest BCUT2D eigenvalue weighted by molar-refractivity contribution is -0.143. The number of sulfonamides is 1. The van der Waals surface area contributed by atoms with Gasteiger partial charge in [0, 0.05) is 12.4 Å². The summed E-state index contributed by atoms with van der Waals surface area (Å²) >= 11 is 0. The predicted octanol–water partition coefficient (Wildman–Crippen LogP) is 1.76. The molecule has 0 saturated heterocycles. The van der Waals surface area contributed by atoms with E-state index in [9.17, 15) is 18.3 Å². The van der Waals surface area contributed by atoms with Crippen LogP contribution in [-0.4, -0.2) is 31.1 Å². The molecule has 0 saturated carbocycles. The summed E-state index contributed by atoms with van der Waals surface area (Å²) in [6.07, 6.45) is 2.86. The number of pyridine rings is 1. The van der Waals surface area contributed by atoms with Crippen molar-refractivity contribution < 1.29 is 23.1 Å². The molecule has 1 aromatic heterocycles. The third-order valence-electron chi connectivity index (χ3n) is 3.19. The minimum atomic E-state index is -3.94. The number of ether oxygens (including phenoxy) is 1. The van der Waals surface area contributed by atoms with Gasteiger partial charge in [0.25, 0.3) is 0 Å². The van der Waals surface area contributed by atoms with Crippen molar-refractivity contribution in [2.24, 2.45) is 0 Å². The first kappa shape index (κ1) is 17.9. The van der Waals surface area contributed by atoms with Crippen LogP contribution in [0.1, 0.15) is 24.9 Å². The summed E-state index contributed by atoms with van der Waals surface area (Å²) in [4.78, 5) is 15.6. The maximum absolute atomic E-state index is 12.5. The van der Waals surface area contributed by atoms with Gasteiger partial charge in [0.05, 0.1) is 24.0 Å². The van der Waals surface area contributed by atoms with Gasteiger partial charge in [-0.25, -0.2) is 13.1 Å². The highest BCUT2D eigenvalue weighted by molar-refractivity contribution is 7.89. The van der Waals surface area contributed by atoms with Crippen molar-refractivity contribution in [2.75, 3.05) is 6.61 Å². The Kier molecular flexibility index (Phi) is 5.88. The number of phenols is 1. The zero-order valence-electron chi connectivity index (χ0n) is 13.0. The predicted molar refractivity (Wildman–Crippen MR) is 86.7 cm³/mol. The summed E-state index contributed by atoms with van der Waals surface area (Å²) in [5.41, 5.74) is 0.536. The second-order valence-corrected chi connectivity index (χ2v) is 6.68. The Labute approximate surface area is 140 Å². The number of aromatic hydroxyl groups is 1. The molecule has 0 bridgehead atoms. The summed E-state index contributed by atoms with van der Waals surface area (Å²) in [6, 6.07) is 7.77. The molecule has 7 nitrogen and oxygen atoms in total. The Hall–Kier alpha value is -2.45. The highest BCUT2D eigenvalue weighted by Crippen LogP contribution is 2.22. The van der Waals surface area contributed by atoms with E-state index in [-0.39, 0.29) is 23.7 Å². The maximum Gasteiger partial charge on any atom is 0.307 e. The molecule has 1 heterocycles. The minimum Gasteiger partial charge on any atom is -0.508 e. The number of carbonyl (C=O) groups is 1. The molecule has 0 spiro atoms. The van der Waals surface area contributed by atoms with Crippen molar-refractivity contribution in [1.29, 1.82) is 0 Å². The van der Waals surface area contributed by atoms with E-state index in [4.69, 9.17) is 4.74 Å². The fourth-order valence-corrected chi connectivity index (χ4v) is 3.37. The number of esters is 1. The zero-order valence-corrected chi connectivity index (χ0v) is 13.9. The van der Waals surface area contributed by atoms with Crippen LogP contribution in [0, 0.1) is 0 Å². The molecule has 2 aromatic rings. The molecule has 24 heavy (non-hydrogen) atoms. The summed E-state index contributed by atoms with van der Waals surface area (Å²) in [6.45, 7) is 1.88. The molecule has 0 aliphatic carbocycles. The van der Waals surface area contributed by atoms with Crippen LogP contribution in [0.2, 0.25) is 0 Å². The van der Waals surface area contributed by atoms with Crippen molar-refractivity contribution in [1.82, 2.24) is 9.71 Å². The SMILES string of the molecule is CCOC(=O)CC(NS(=O)(=O)c1cccc(O)c1)c1cccnc1. The molecule has 0 radical (unpaired) electrons. The van der Waals surface area contributed by atoms with E-state index in [1.165, 1.54) is 24.4 Å². The third-order valence-corrected chi connectivity index (χ3v) is 4.66. The second-order valence-electron chi connectivity index (χ2n) is 4.97. The number of benzene rings is 1. The second kappa shape index (κ2) is 7.89. The largest absolute Gasteiger partial charge is 0.508 e. The number of aromatic nitrogens is 1. The van der Waals surface area contributed by atoms with Gasteiger partial charge in [-0.2, -0.15) is 0 Å². The smallest absolute Gasteiger partial charge is 0.307 e. The Bertz CT molecular complexity index is 793. The number of hydrogen-bond donors (Lipinski definition) is 2. The normalized spacial score (nSPS) is 12.5. The van der Waals surface area contributed by atoms with Crippen LogP contribution in [0.3, 0.4) is 0 Å². The van der Waals surface area contributed by atoms with Crippen molar-refractivity contribution in [3.63, 3.8) is 0 Å². The lowest BCUT2D eigenvalue weighted by Gasteiger charge is -2.18. The van der Waals surface area contributed by atoms with Crippen LogP contribution in [0.25, 0.3) is 0 Å². The number of hydrogen-bond acceptors (Lipinski definition) is 6. The van der Waals surface area contributed by atoms with E-state index in [0.717, 1.165) is 6.07 Å². The van der Waals surface area contributed by atoms with Gasteiger partial charge < -0.3 is 9.84 Å². The van der Waals surface area contributed by atoms with Gasteiger partial charge >= 0.3 is 5.97 Å². The van der Waals surface area contributed by atoms with Crippen LogP contribution in [0.5, 0.6) is 5.75 Å². The van der Waals surface area contributed by atoms with E-state index >= 15 is 0 Å². The highest BCUT2D eigenvalue weighted by Gasteiger charge is 2.24. The van der Waals surface area contributed by atoms with Crippen LogP contribution in [0.4, 0.5) is 0 Å². The van der Waals surface area contributed by atoms with Gasteiger partial charge in [0.2, 0.25) is 10.0 Å². The molecule has 2 rings (SSSR count). The number of rotatable bonds is 7. The van der Waals surface area contributed by atoms with E-state index in [1.54, 1.807) is 25.3 Å². The molecule has 0 aliphatic rings. The van der Waals surface area contributed by atoms with E-state index in [0.29, 0.717) is 5.56 Å². The molecule has 2 N–H and O–H groups in total. The summed E-state index contributed by atoms with van der Waals surface area (Å²) < 4.78 is 32.4. The Morgan fingerprint density at radius 1 is 1.33 bits per heavy atom. The van der Waals surface area contributed by atoms with Gasteiger partial charge in [0.15, 0.2) is 0 Å². The quantitative estimate of drug-likeness (QED) is 0.737. The van der Waals surface area contributed by atoms with Gasteiger partial charge in [-0.3, -0.25) is 9.78 Å². The van der Waals surface area contributed by atoms with Crippen molar-refractivity contribution in [3.05, 3.63) is 54.4 Å². The Balaban J connectivity index is 2.29. The molecule has 0 aliphatic heterocycles.